The Hall–Kier alpha value is -3.63. The summed E-state index contributed by atoms with van der Waals surface area (Å²) in [6, 6.07) is 19.0. The van der Waals surface area contributed by atoms with Crippen LogP contribution < -0.4 is 9.21 Å². The largest absolute Gasteiger partial charge is 0.481 e. The van der Waals surface area contributed by atoms with Crippen LogP contribution in [-0.2, 0) is 9.59 Å². The monoisotopic (exact) mass is 462 g/mol. The van der Waals surface area contributed by atoms with Crippen molar-refractivity contribution in [3.05, 3.63) is 66.2 Å². The summed E-state index contributed by atoms with van der Waals surface area (Å²) >= 11 is 1.36. The van der Waals surface area contributed by atoms with Crippen LogP contribution in [0.3, 0.4) is 0 Å². The van der Waals surface area contributed by atoms with E-state index in [1.165, 1.54) is 11.9 Å². The van der Waals surface area contributed by atoms with Crippen molar-refractivity contribution in [3.8, 4) is 12.3 Å². The van der Waals surface area contributed by atoms with E-state index in [4.69, 9.17) is 6.42 Å². The summed E-state index contributed by atoms with van der Waals surface area (Å²) < 4.78 is 1.76. The SMILES string of the molecule is C#CCN(c1ccc(N(CC(=O)O)Sc2ccc(C)cc2)c2ccccc12)[C@@H](C)CC(=O)O. The number of fused-ring (bicyclic) bond motifs is 1. The van der Waals surface area contributed by atoms with Crippen molar-refractivity contribution >= 4 is 46.0 Å². The third kappa shape index (κ3) is 5.99. The number of anilines is 2. The molecule has 0 aliphatic rings. The van der Waals surface area contributed by atoms with Gasteiger partial charge in [-0.15, -0.1) is 6.42 Å². The lowest BCUT2D eigenvalue weighted by Crippen LogP contribution is -2.35. The molecule has 0 saturated heterocycles. The van der Waals surface area contributed by atoms with E-state index in [0.29, 0.717) is 0 Å². The molecule has 0 unspecified atom stereocenters. The Morgan fingerprint density at radius 3 is 2.15 bits per heavy atom. The van der Waals surface area contributed by atoms with Crippen LogP contribution in [0, 0.1) is 19.3 Å². The minimum absolute atomic E-state index is 0.0494. The first-order valence-electron chi connectivity index (χ1n) is 10.5. The van der Waals surface area contributed by atoms with Gasteiger partial charge in [0.05, 0.1) is 18.7 Å². The molecule has 170 valence electrons. The van der Waals surface area contributed by atoms with Gasteiger partial charge in [-0.05, 0) is 50.1 Å². The third-order valence-corrected chi connectivity index (χ3v) is 6.26. The number of terminal acetylenes is 1. The highest BCUT2D eigenvalue weighted by molar-refractivity contribution is 8.00. The Morgan fingerprint density at radius 1 is 0.970 bits per heavy atom. The molecule has 7 heteroatoms. The van der Waals surface area contributed by atoms with E-state index in [-0.39, 0.29) is 25.6 Å². The summed E-state index contributed by atoms with van der Waals surface area (Å²) in [6.07, 6.45) is 5.54. The molecular formula is C26H26N2O4S. The highest BCUT2D eigenvalue weighted by Gasteiger charge is 2.22. The standard InChI is InChI=1S/C26H26N2O4S/c1-4-15-27(19(3)16-25(29)30)23-13-14-24(22-8-6-5-7-21(22)23)28(17-26(31)32)33-20-11-9-18(2)10-12-20/h1,5-14,19H,15-17H2,2-3H3,(H,29,30)(H,31,32)/t19-/m0/s1. The Bertz CT molecular complexity index is 1190. The van der Waals surface area contributed by atoms with Gasteiger partial charge in [0.2, 0.25) is 0 Å². The quantitative estimate of drug-likeness (QED) is 0.322. The molecule has 3 aromatic rings. The first-order chi connectivity index (χ1) is 15.8. The maximum absolute atomic E-state index is 11.7. The van der Waals surface area contributed by atoms with E-state index in [0.717, 1.165) is 32.6 Å². The molecule has 1 atom stereocenters. The summed E-state index contributed by atoms with van der Waals surface area (Å²) in [5.41, 5.74) is 2.70. The average molecular weight is 463 g/mol. The van der Waals surface area contributed by atoms with Crippen molar-refractivity contribution in [1.29, 1.82) is 0 Å². The average Bonchev–Trinajstić information content (AvgIpc) is 2.77. The van der Waals surface area contributed by atoms with Crippen molar-refractivity contribution in [3.63, 3.8) is 0 Å². The Balaban J connectivity index is 2.09. The predicted molar refractivity (Wildman–Crippen MR) is 134 cm³/mol. The van der Waals surface area contributed by atoms with Gasteiger partial charge in [-0.3, -0.25) is 9.59 Å². The van der Waals surface area contributed by atoms with Crippen LogP contribution in [0.25, 0.3) is 10.8 Å². The number of nitrogens with zero attached hydrogens (tertiary/aromatic N) is 2. The Labute approximate surface area is 198 Å². The van der Waals surface area contributed by atoms with Crippen molar-refractivity contribution in [2.24, 2.45) is 0 Å². The number of hydrogen-bond acceptors (Lipinski definition) is 5. The van der Waals surface area contributed by atoms with Gasteiger partial charge < -0.3 is 19.4 Å². The second-order valence-corrected chi connectivity index (χ2v) is 8.86. The van der Waals surface area contributed by atoms with Crippen LogP contribution >= 0.6 is 11.9 Å². The number of benzene rings is 3. The van der Waals surface area contributed by atoms with Crippen LogP contribution in [0.4, 0.5) is 11.4 Å². The fraction of sp³-hybridized carbons (Fsp3) is 0.231. The zero-order valence-corrected chi connectivity index (χ0v) is 19.4. The highest BCUT2D eigenvalue weighted by atomic mass is 32.2. The van der Waals surface area contributed by atoms with Crippen molar-refractivity contribution in [2.75, 3.05) is 22.3 Å². The van der Waals surface area contributed by atoms with Crippen LogP contribution in [0.5, 0.6) is 0 Å². The van der Waals surface area contributed by atoms with Crippen LogP contribution in [0.1, 0.15) is 18.9 Å². The molecule has 33 heavy (non-hydrogen) atoms. The molecule has 0 heterocycles. The number of carboxylic acid groups (broad SMARTS) is 2. The molecule has 3 rings (SSSR count). The number of carboxylic acids is 2. The number of rotatable bonds is 10. The Kier molecular flexibility index (Phi) is 7.86. The lowest BCUT2D eigenvalue weighted by atomic mass is 10.0. The fourth-order valence-corrected chi connectivity index (χ4v) is 4.64. The topological polar surface area (TPSA) is 81.1 Å². The molecule has 0 amide bonds. The number of aryl methyl sites for hydroxylation is 1. The first kappa shape index (κ1) is 24.0. The van der Waals surface area contributed by atoms with E-state index in [9.17, 15) is 19.8 Å². The minimum Gasteiger partial charge on any atom is -0.481 e. The molecule has 6 nitrogen and oxygen atoms in total. The lowest BCUT2D eigenvalue weighted by Gasteiger charge is -2.31. The summed E-state index contributed by atoms with van der Waals surface area (Å²) in [6.45, 7) is 3.90. The van der Waals surface area contributed by atoms with Gasteiger partial charge in [0.1, 0.15) is 6.54 Å². The van der Waals surface area contributed by atoms with Crippen molar-refractivity contribution in [1.82, 2.24) is 0 Å². The van der Waals surface area contributed by atoms with Gasteiger partial charge >= 0.3 is 11.9 Å². The summed E-state index contributed by atoms with van der Waals surface area (Å²) in [7, 11) is 0. The van der Waals surface area contributed by atoms with Gasteiger partial charge in [-0.25, -0.2) is 0 Å². The van der Waals surface area contributed by atoms with Gasteiger partial charge in [0.25, 0.3) is 0 Å². The molecule has 0 radical (unpaired) electrons. The molecular weight excluding hydrogens is 436 g/mol. The van der Waals surface area contributed by atoms with Crippen LogP contribution in [-0.4, -0.2) is 41.3 Å². The van der Waals surface area contributed by atoms with E-state index in [1.807, 2.05) is 79.4 Å². The zero-order chi connectivity index (χ0) is 24.0. The molecule has 0 fully saturated rings. The van der Waals surface area contributed by atoms with Gasteiger partial charge in [0.15, 0.2) is 0 Å². The summed E-state index contributed by atoms with van der Waals surface area (Å²) in [4.78, 5) is 25.8. The smallest absolute Gasteiger partial charge is 0.324 e. The maximum atomic E-state index is 11.7. The third-order valence-electron chi connectivity index (χ3n) is 5.24. The molecule has 0 aliphatic heterocycles. The number of hydrogen-bond donors (Lipinski definition) is 2. The fourth-order valence-electron chi connectivity index (χ4n) is 3.69. The van der Waals surface area contributed by atoms with Crippen LogP contribution in [0.2, 0.25) is 0 Å². The van der Waals surface area contributed by atoms with E-state index < -0.39 is 11.9 Å². The molecule has 2 N–H and O–H groups in total. The zero-order valence-electron chi connectivity index (χ0n) is 18.6. The Morgan fingerprint density at radius 2 is 1.58 bits per heavy atom. The molecule has 0 bridgehead atoms. The summed E-state index contributed by atoms with van der Waals surface area (Å²) in [5.74, 6) is 0.793. The maximum Gasteiger partial charge on any atom is 0.324 e. The second-order valence-electron chi connectivity index (χ2n) is 7.76. The van der Waals surface area contributed by atoms with Crippen molar-refractivity contribution in [2.45, 2.75) is 31.2 Å². The predicted octanol–water partition coefficient (Wildman–Crippen LogP) is 5.05. The minimum atomic E-state index is -0.938. The molecule has 0 aliphatic carbocycles. The molecule has 0 spiro atoms. The highest BCUT2D eigenvalue weighted by Crippen LogP contribution is 2.39. The first-order valence-corrected chi connectivity index (χ1v) is 11.2. The van der Waals surface area contributed by atoms with Gasteiger partial charge in [-0.2, -0.15) is 0 Å². The molecule has 0 saturated carbocycles. The normalized spacial score (nSPS) is 11.5. The number of carbonyl (C=O) groups is 2. The molecule has 0 aromatic heterocycles. The van der Waals surface area contributed by atoms with Gasteiger partial charge in [0, 0.05) is 27.4 Å². The van der Waals surface area contributed by atoms with Crippen LogP contribution in [0.15, 0.2) is 65.6 Å². The van der Waals surface area contributed by atoms with Crippen molar-refractivity contribution < 1.29 is 19.8 Å². The van der Waals surface area contributed by atoms with E-state index in [2.05, 4.69) is 5.92 Å². The summed E-state index contributed by atoms with van der Waals surface area (Å²) in [5, 5.41) is 20.6. The number of aliphatic carboxylic acids is 2. The van der Waals surface area contributed by atoms with E-state index in [1.54, 1.807) is 4.31 Å². The van der Waals surface area contributed by atoms with Gasteiger partial charge in [-0.1, -0.05) is 47.9 Å². The lowest BCUT2D eigenvalue weighted by molar-refractivity contribution is -0.137. The molecule has 3 aromatic carbocycles. The van der Waals surface area contributed by atoms with E-state index >= 15 is 0 Å². The second kappa shape index (κ2) is 10.8.